The third-order valence-electron chi connectivity index (χ3n) is 2.73. The average Bonchev–Trinajstić information content (AvgIpc) is 2.31. The summed E-state index contributed by atoms with van der Waals surface area (Å²) in [5.74, 6) is -0.521. The lowest BCUT2D eigenvalue weighted by Crippen LogP contribution is -2.47. The largest absolute Gasteiger partial charge is 0.295 e. The minimum atomic E-state index is -0.521. The predicted octanol–water partition coefficient (Wildman–Crippen LogP) is -0.145. The summed E-state index contributed by atoms with van der Waals surface area (Å²) >= 11 is 3.37. The molecular formula is C12H11BrN2O2. The second-order valence-corrected chi connectivity index (χ2v) is 4.70. The van der Waals surface area contributed by atoms with Crippen LogP contribution in [0.3, 0.4) is 0 Å². The van der Waals surface area contributed by atoms with Gasteiger partial charge in [-0.1, -0.05) is 22.0 Å². The fraction of sp³-hybridized carbons (Fsp3) is 0.167. The molecule has 5 heteroatoms. The number of carbonyl (C=O) groups excluding carboxylic acids is 2. The van der Waals surface area contributed by atoms with Crippen LogP contribution in [0.25, 0.3) is 11.9 Å². The van der Waals surface area contributed by atoms with Crippen LogP contribution in [0.4, 0.5) is 0 Å². The molecule has 0 aromatic heterocycles. The zero-order chi connectivity index (χ0) is 12.6. The van der Waals surface area contributed by atoms with Gasteiger partial charge in [-0.05, 0) is 12.1 Å². The molecule has 4 nitrogen and oxygen atoms in total. The van der Waals surface area contributed by atoms with Crippen LogP contribution in [-0.4, -0.2) is 36.2 Å². The fourth-order valence-electron chi connectivity index (χ4n) is 1.81. The molecule has 17 heavy (non-hydrogen) atoms. The minimum absolute atomic E-state index is 0.343. The molecule has 2 rings (SSSR count). The molecule has 1 aromatic carbocycles. The van der Waals surface area contributed by atoms with Gasteiger partial charge in [-0.2, -0.15) is 0 Å². The zero-order valence-electron chi connectivity index (χ0n) is 9.48. The Kier molecular flexibility index (Phi) is 3.02. The maximum Gasteiger partial charge on any atom is 0.243 e. The van der Waals surface area contributed by atoms with Gasteiger partial charge in [-0.3, -0.25) is 19.6 Å². The first kappa shape index (κ1) is 11.9. The van der Waals surface area contributed by atoms with Crippen LogP contribution in [0.1, 0.15) is 0 Å². The Balaban J connectivity index is 2.87. The van der Waals surface area contributed by atoms with Crippen LogP contribution in [-0.2, 0) is 9.59 Å². The Morgan fingerprint density at radius 2 is 2.06 bits per heavy atom. The van der Waals surface area contributed by atoms with Crippen LogP contribution in [0, 0.1) is 0 Å². The molecule has 0 bridgehead atoms. The Labute approximate surface area is 107 Å². The summed E-state index contributed by atoms with van der Waals surface area (Å²) in [4.78, 5) is 22.4. The van der Waals surface area contributed by atoms with Gasteiger partial charge < -0.3 is 0 Å². The van der Waals surface area contributed by atoms with Gasteiger partial charge in [0.05, 0.1) is 0 Å². The van der Waals surface area contributed by atoms with Crippen molar-refractivity contribution in [2.24, 2.45) is 0 Å². The molecule has 0 spiro atoms. The van der Waals surface area contributed by atoms with E-state index in [9.17, 15) is 9.59 Å². The number of rotatable bonds is 2. The quantitative estimate of drug-likeness (QED) is 0.562. The number of hydrazine groups is 1. The summed E-state index contributed by atoms with van der Waals surface area (Å²) in [5.41, 5.74) is 0.390. The molecule has 1 aliphatic heterocycles. The Morgan fingerprint density at radius 1 is 1.35 bits per heavy atom. The lowest BCUT2D eigenvalue weighted by atomic mass is 10.1. The standard InChI is InChI=1S/C12H11BrN2O2/c1-14-6-8-3-4-9(13)5-10(8)12(15(14)2)11(17)7-16/h3-7H,1-2H3. The van der Waals surface area contributed by atoms with Crippen molar-refractivity contribution in [1.29, 1.82) is 0 Å². The highest BCUT2D eigenvalue weighted by Gasteiger charge is 2.20. The first-order valence-corrected chi connectivity index (χ1v) is 5.81. The maximum atomic E-state index is 11.7. The van der Waals surface area contributed by atoms with Crippen LogP contribution < -0.4 is 10.4 Å². The van der Waals surface area contributed by atoms with Gasteiger partial charge in [-0.15, -0.1) is 0 Å². The number of Topliss-reactive ketones (excluding diaryl/α,β-unsaturated/α-hetero) is 1. The normalized spacial score (nSPS) is 14.2. The van der Waals surface area contributed by atoms with Crippen molar-refractivity contribution >= 4 is 39.9 Å². The minimum Gasteiger partial charge on any atom is -0.295 e. The van der Waals surface area contributed by atoms with Crippen LogP contribution in [0.5, 0.6) is 0 Å². The molecule has 0 amide bonds. The highest BCUT2D eigenvalue weighted by molar-refractivity contribution is 9.10. The third kappa shape index (κ3) is 1.98. The molecule has 0 radical (unpaired) electrons. The summed E-state index contributed by atoms with van der Waals surface area (Å²) in [7, 11) is 3.57. The van der Waals surface area contributed by atoms with Crippen molar-refractivity contribution in [3.05, 3.63) is 33.1 Å². The third-order valence-corrected chi connectivity index (χ3v) is 3.23. The molecule has 0 N–H and O–H groups in total. The molecule has 0 saturated carbocycles. The van der Waals surface area contributed by atoms with Gasteiger partial charge in [0.1, 0.15) is 5.70 Å². The molecule has 88 valence electrons. The van der Waals surface area contributed by atoms with Crippen molar-refractivity contribution in [1.82, 2.24) is 10.0 Å². The molecule has 0 atom stereocenters. The molecule has 1 aromatic rings. The van der Waals surface area contributed by atoms with Gasteiger partial charge in [0.15, 0.2) is 6.29 Å². The van der Waals surface area contributed by atoms with Gasteiger partial charge in [-0.25, -0.2) is 0 Å². The van der Waals surface area contributed by atoms with E-state index >= 15 is 0 Å². The lowest BCUT2D eigenvalue weighted by molar-refractivity contribution is -0.127. The number of benzene rings is 1. The molecule has 1 aliphatic rings. The number of likely N-dealkylation sites (N-methyl/N-ethyl adjacent to an activating group) is 1. The van der Waals surface area contributed by atoms with Crippen molar-refractivity contribution in [2.75, 3.05) is 14.1 Å². The van der Waals surface area contributed by atoms with E-state index in [-0.39, 0.29) is 0 Å². The Bertz CT molecular complexity index is 609. The SMILES string of the molecule is CN1C=c2ccc(Br)cc2=C(C(=O)C=O)N1C. The monoisotopic (exact) mass is 294 g/mol. The van der Waals surface area contributed by atoms with Crippen molar-refractivity contribution in [3.63, 3.8) is 0 Å². The summed E-state index contributed by atoms with van der Waals surface area (Å²) < 4.78 is 0.874. The number of hydrogen-bond acceptors (Lipinski definition) is 4. The molecule has 0 aliphatic carbocycles. The van der Waals surface area contributed by atoms with E-state index in [1.807, 2.05) is 31.4 Å². The summed E-state index contributed by atoms with van der Waals surface area (Å²) in [6.45, 7) is 0. The number of fused-ring (bicyclic) bond motifs is 1. The summed E-state index contributed by atoms with van der Waals surface area (Å²) in [6, 6.07) is 5.64. The second kappa shape index (κ2) is 4.33. The molecule has 0 saturated heterocycles. The van der Waals surface area contributed by atoms with E-state index in [4.69, 9.17) is 0 Å². The summed E-state index contributed by atoms with van der Waals surface area (Å²) in [5, 5.41) is 5.11. The van der Waals surface area contributed by atoms with E-state index in [2.05, 4.69) is 15.9 Å². The number of aldehydes is 1. The van der Waals surface area contributed by atoms with E-state index in [1.54, 1.807) is 17.1 Å². The number of hydrogen-bond donors (Lipinski definition) is 0. The van der Waals surface area contributed by atoms with Crippen molar-refractivity contribution < 1.29 is 9.59 Å². The van der Waals surface area contributed by atoms with Gasteiger partial charge in [0.2, 0.25) is 5.78 Å². The summed E-state index contributed by atoms with van der Waals surface area (Å²) in [6.07, 6.45) is 2.25. The van der Waals surface area contributed by atoms with Crippen molar-refractivity contribution in [2.45, 2.75) is 0 Å². The van der Waals surface area contributed by atoms with E-state index in [0.717, 1.165) is 14.9 Å². The molecule has 1 heterocycles. The highest BCUT2D eigenvalue weighted by atomic mass is 79.9. The maximum absolute atomic E-state index is 11.7. The highest BCUT2D eigenvalue weighted by Crippen LogP contribution is 2.10. The van der Waals surface area contributed by atoms with E-state index in [0.29, 0.717) is 12.0 Å². The van der Waals surface area contributed by atoms with Gasteiger partial charge in [0.25, 0.3) is 0 Å². The second-order valence-electron chi connectivity index (χ2n) is 3.79. The zero-order valence-corrected chi connectivity index (χ0v) is 11.1. The van der Waals surface area contributed by atoms with Crippen LogP contribution in [0.2, 0.25) is 0 Å². The first-order valence-electron chi connectivity index (χ1n) is 5.02. The Morgan fingerprint density at radius 3 is 2.71 bits per heavy atom. The Hall–Kier alpha value is -1.62. The smallest absolute Gasteiger partial charge is 0.243 e. The van der Waals surface area contributed by atoms with E-state index < -0.39 is 5.78 Å². The van der Waals surface area contributed by atoms with Crippen molar-refractivity contribution in [3.8, 4) is 0 Å². The predicted molar refractivity (Wildman–Crippen MR) is 67.9 cm³/mol. The van der Waals surface area contributed by atoms with Gasteiger partial charge >= 0.3 is 0 Å². The molecular weight excluding hydrogens is 284 g/mol. The topological polar surface area (TPSA) is 40.6 Å². The van der Waals surface area contributed by atoms with Crippen LogP contribution >= 0.6 is 15.9 Å². The number of ketones is 1. The molecule has 0 fully saturated rings. The fourth-order valence-corrected chi connectivity index (χ4v) is 2.18. The number of halogens is 1. The number of carbonyl (C=O) groups is 2. The number of nitrogens with zero attached hydrogens (tertiary/aromatic N) is 2. The first-order chi connectivity index (χ1) is 8.04. The van der Waals surface area contributed by atoms with Gasteiger partial charge in [0, 0.05) is 35.2 Å². The lowest BCUT2D eigenvalue weighted by Gasteiger charge is -2.32. The average molecular weight is 295 g/mol. The van der Waals surface area contributed by atoms with E-state index in [1.165, 1.54) is 0 Å². The van der Waals surface area contributed by atoms with Crippen LogP contribution in [0.15, 0.2) is 22.7 Å². The molecule has 0 unspecified atom stereocenters.